The number of amides is 1. The summed E-state index contributed by atoms with van der Waals surface area (Å²) in [6, 6.07) is 18.0. The highest BCUT2D eigenvalue weighted by atomic mass is 16.5. The first-order valence-corrected chi connectivity index (χ1v) is 11.3. The first kappa shape index (κ1) is 23.5. The zero-order chi connectivity index (χ0) is 22.9. The lowest BCUT2D eigenvalue weighted by atomic mass is 10.1. The Morgan fingerprint density at radius 1 is 1.00 bits per heavy atom. The van der Waals surface area contributed by atoms with E-state index >= 15 is 0 Å². The largest absolute Gasteiger partial charge is 0.497 e. The normalized spacial score (nSPS) is 10.8. The van der Waals surface area contributed by atoms with E-state index in [0.717, 1.165) is 31.5 Å². The highest BCUT2D eigenvalue weighted by Gasteiger charge is 2.21. The number of hydrogen-bond acceptors (Lipinski definition) is 3. The standard InChI is InChI=1S/C27H34N2O3/c1-5-6-7-15-29(27(30)25-14-13-24(31-3)18-26(25)32-4)20-23-12-9-16-28(23)19-22-11-8-10-21(2)17-22/h8-14,16-18H,5-7,15,19-20H2,1-4H3. The molecule has 170 valence electrons. The van der Waals surface area contributed by atoms with Crippen molar-refractivity contribution >= 4 is 5.91 Å². The minimum absolute atomic E-state index is 0.0242. The molecule has 32 heavy (non-hydrogen) atoms. The van der Waals surface area contributed by atoms with Crippen molar-refractivity contribution in [3.05, 3.63) is 83.2 Å². The van der Waals surface area contributed by atoms with Crippen LogP contribution in [0.5, 0.6) is 11.5 Å². The summed E-state index contributed by atoms with van der Waals surface area (Å²) in [6.45, 7) is 6.32. The van der Waals surface area contributed by atoms with E-state index in [2.05, 4.69) is 54.9 Å². The Balaban J connectivity index is 1.84. The molecule has 5 nitrogen and oxygen atoms in total. The molecule has 0 saturated carbocycles. The molecule has 0 unspecified atom stereocenters. The van der Waals surface area contributed by atoms with Gasteiger partial charge in [-0.3, -0.25) is 4.79 Å². The quantitative estimate of drug-likeness (QED) is 0.364. The Bertz CT molecular complexity index is 1030. The van der Waals surface area contributed by atoms with Crippen LogP contribution in [0, 0.1) is 6.92 Å². The van der Waals surface area contributed by atoms with E-state index in [9.17, 15) is 4.79 Å². The fourth-order valence-corrected chi connectivity index (χ4v) is 3.90. The molecule has 0 atom stereocenters. The van der Waals surface area contributed by atoms with Crippen molar-refractivity contribution in [3.8, 4) is 11.5 Å². The van der Waals surface area contributed by atoms with Gasteiger partial charge in [-0.25, -0.2) is 0 Å². The summed E-state index contributed by atoms with van der Waals surface area (Å²) >= 11 is 0. The van der Waals surface area contributed by atoms with Gasteiger partial charge in [0.05, 0.1) is 26.3 Å². The number of methoxy groups -OCH3 is 2. The number of benzene rings is 2. The molecule has 3 rings (SSSR count). The van der Waals surface area contributed by atoms with Gasteiger partial charge in [-0.05, 0) is 43.2 Å². The second-order valence-electron chi connectivity index (χ2n) is 8.12. The van der Waals surface area contributed by atoms with Crippen molar-refractivity contribution in [1.82, 2.24) is 9.47 Å². The number of ether oxygens (including phenoxy) is 2. The summed E-state index contributed by atoms with van der Waals surface area (Å²) < 4.78 is 13.0. The molecule has 0 aliphatic heterocycles. The highest BCUT2D eigenvalue weighted by Crippen LogP contribution is 2.26. The van der Waals surface area contributed by atoms with E-state index < -0.39 is 0 Å². The summed E-state index contributed by atoms with van der Waals surface area (Å²) in [5.74, 6) is 1.18. The van der Waals surface area contributed by atoms with Crippen LogP contribution >= 0.6 is 0 Å². The maximum atomic E-state index is 13.6. The topological polar surface area (TPSA) is 43.7 Å². The predicted octanol–water partition coefficient (Wildman–Crippen LogP) is 5.69. The van der Waals surface area contributed by atoms with E-state index in [1.165, 1.54) is 11.1 Å². The van der Waals surface area contributed by atoms with Crippen LogP contribution in [0.25, 0.3) is 0 Å². The van der Waals surface area contributed by atoms with E-state index in [4.69, 9.17) is 9.47 Å². The van der Waals surface area contributed by atoms with Crippen LogP contribution < -0.4 is 9.47 Å². The van der Waals surface area contributed by atoms with Crippen LogP contribution in [0.2, 0.25) is 0 Å². The second-order valence-corrected chi connectivity index (χ2v) is 8.12. The van der Waals surface area contributed by atoms with E-state index in [-0.39, 0.29) is 5.91 Å². The summed E-state index contributed by atoms with van der Waals surface area (Å²) in [5, 5.41) is 0. The molecule has 3 aromatic rings. The third kappa shape index (κ3) is 5.94. The number of nitrogens with zero attached hydrogens (tertiary/aromatic N) is 2. The van der Waals surface area contributed by atoms with Gasteiger partial charge < -0.3 is 18.9 Å². The molecular weight excluding hydrogens is 400 g/mol. The first-order chi connectivity index (χ1) is 15.5. The fourth-order valence-electron chi connectivity index (χ4n) is 3.90. The molecule has 1 aromatic heterocycles. The molecule has 2 aromatic carbocycles. The Kier molecular flexibility index (Phi) is 8.37. The zero-order valence-corrected chi connectivity index (χ0v) is 19.6. The Labute approximate surface area is 191 Å². The lowest BCUT2D eigenvalue weighted by molar-refractivity contribution is 0.0733. The molecule has 1 heterocycles. The highest BCUT2D eigenvalue weighted by molar-refractivity contribution is 5.97. The molecule has 0 radical (unpaired) electrons. The number of aryl methyl sites for hydroxylation is 1. The van der Waals surface area contributed by atoms with Crippen molar-refractivity contribution in [2.75, 3.05) is 20.8 Å². The maximum Gasteiger partial charge on any atom is 0.257 e. The monoisotopic (exact) mass is 434 g/mol. The second kappa shape index (κ2) is 11.4. The maximum absolute atomic E-state index is 13.6. The molecule has 0 aliphatic rings. The average Bonchev–Trinajstić information content (AvgIpc) is 3.24. The van der Waals surface area contributed by atoms with Gasteiger partial charge in [0.15, 0.2) is 0 Å². The van der Waals surface area contributed by atoms with Crippen molar-refractivity contribution in [2.45, 2.75) is 46.2 Å². The van der Waals surface area contributed by atoms with Crippen LogP contribution in [-0.4, -0.2) is 36.1 Å². The van der Waals surface area contributed by atoms with Crippen molar-refractivity contribution in [1.29, 1.82) is 0 Å². The van der Waals surface area contributed by atoms with Crippen molar-refractivity contribution in [2.24, 2.45) is 0 Å². The van der Waals surface area contributed by atoms with Crippen LogP contribution in [0.15, 0.2) is 60.8 Å². The minimum Gasteiger partial charge on any atom is -0.497 e. The third-order valence-corrected chi connectivity index (χ3v) is 5.67. The van der Waals surface area contributed by atoms with Gasteiger partial charge in [0.25, 0.3) is 5.91 Å². The third-order valence-electron chi connectivity index (χ3n) is 5.67. The van der Waals surface area contributed by atoms with Crippen molar-refractivity contribution in [3.63, 3.8) is 0 Å². The predicted molar refractivity (Wildman–Crippen MR) is 129 cm³/mol. The van der Waals surface area contributed by atoms with Gasteiger partial charge in [0.1, 0.15) is 11.5 Å². The minimum atomic E-state index is -0.0242. The van der Waals surface area contributed by atoms with Gasteiger partial charge in [0, 0.05) is 31.0 Å². The Morgan fingerprint density at radius 3 is 2.56 bits per heavy atom. The molecule has 0 saturated heterocycles. The average molecular weight is 435 g/mol. The molecule has 0 aliphatic carbocycles. The first-order valence-electron chi connectivity index (χ1n) is 11.3. The van der Waals surface area contributed by atoms with Crippen LogP contribution in [0.3, 0.4) is 0 Å². The fraction of sp³-hybridized carbons (Fsp3) is 0.370. The lowest BCUT2D eigenvalue weighted by Gasteiger charge is -2.25. The Hall–Kier alpha value is -3.21. The molecule has 0 spiro atoms. The molecular formula is C27H34N2O3. The number of unbranched alkanes of at least 4 members (excludes halogenated alkanes) is 2. The van der Waals surface area contributed by atoms with Crippen LogP contribution in [-0.2, 0) is 13.1 Å². The van der Waals surface area contributed by atoms with Gasteiger partial charge in [-0.2, -0.15) is 0 Å². The summed E-state index contributed by atoms with van der Waals surface area (Å²) in [7, 11) is 3.19. The molecule has 0 bridgehead atoms. The number of rotatable bonds is 11. The molecule has 1 amide bonds. The van der Waals surface area contributed by atoms with E-state index in [0.29, 0.717) is 30.2 Å². The summed E-state index contributed by atoms with van der Waals surface area (Å²) in [5.41, 5.74) is 4.17. The van der Waals surface area contributed by atoms with Gasteiger partial charge >= 0.3 is 0 Å². The zero-order valence-electron chi connectivity index (χ0n) is 19.6. The van der Waals surface area contributed by atoms with Gasteiger partial charge in [0.2, 0.25) is 0 Å². The van der Waals surface area contributed by atoms with E-state index in [1.54, 1.807) is 32.4 Å². The number of hydrogen-bond donors (Lipinski definition) is 0. The van der Waals surface area contributed by atoms with Crippen LogP contribution in [0.1, 0.15) is 53.4 Å². The molecule has 0 fully saturated rings. The molecule has 5 heteroatoms. The van der Waals surface area contributed by atoms with Crippen LogP contribution in [0.4, 0.5) is 0 Å². The SMILES string of the molecule is CCCCCN(Cc1cccn1Cc1cccc(C)c1)C(=O)c1ccc(OC)cc1OC. The number of carbonyl (C=O) groups is 1. The molecule has 0 N–H and O–H groups in total. The summed E-state index contributed by atoms with van der Waals surface area (Å²) in [6.07, 6.45) is 5.26. The van der Waals surface area contributed by atoms with Crippen molar-refractivity contribution < 1.29 is 14.3 Å². The smallest absolute Gasteiger partial charge is 0.257 e. The summed E-state index contributed by atoms with van der Waals surface area (Å²) in [4.78, 5) is 15.5. The lowest BCUT2D eigenvalue weighted by Crippen LogP contribution is -2.32. The van der Waals surface area contributed by atoms with E-state index in [1.807, 2.05) is 11.0 Å². The number of carbonyl (C=O) groups excluding carboxylic acids is 1. The van der Waals surface area contributed by atoms with Gasteiger partial charge in [-0.1, -0.05) is 49.6 Å². The Morgan fingerprint density at radius 2 is 1.84 bits per heavy atom. The number of aromatic nitrogens is 1. The van der Waals surface area contributed by atoms with Gasteiger partial charge in [-0.15, -0.1) is 0 Å².